The van der Waals surface area contributed by atoms with Gasteiger partial charge in [0, 0.05) is 26.2 Å². The summed E-state index contributed by atoms with van der Waals surface area (Å²) in [6.07, 6.45) is 8.29. The molecule has 0 saturated heterocycles. The van der Waals surface area contributed by atoms with E-state index in [0.29, 0.717) is 6.04 Å². The Labute approximate surface area is 155 Å². The van der Waals surface area contributed by atoms with Crippen molar-refractivity contribution in [1.29, 1.82) is 0 Å². The van der Waals surface area contributed by atoms with Crippen molar-refractivity contribution < 1.29 is 4.42 Å². The number of aliphatic imine (C=N–C) groups is 1. The van der Waals surface area contributed by atoms with Gasteiger partial charge in [0.15, 0.2) is 5.96 Å². The average molecular weight is 352 g/mol. The number of hydrogen-bond donors (Lipinski definition) is 2. The largest absolute Gasteiger partial charge is 0.468 e. The molecule has 0 atom stereocenters. The molecular formula is C21H28N4O. The van der Waals surface area contributed by atoms with Crippen LogP contribution in [0.25, 0.3) is 0 Å². The molecule has 5 heteroatoms. The van der Waals surface area contributed by atoms with Crippen LogP contribution < -0.4 is 10.6 Å². The number of nitrogens with one attached hydrogen (secondary N) is 2. The molecule has 1 aromatic heterocycles. The first-order valence-electron chi connectivity index (χ1n) is 9.14. The molecule has 2 N–H and O–H groups in total. The number of nitrogens with zero attached hydrogens (tertiary/aromatic N) is 2. The number of furan rings is 1. The normalized spacial score (nSPS) is 15.0. The summed E-state index contributed by atoms with van der Waals surface area (Å²) in [6, 6.07) is 12.9. The minimum atomic E-state index is 0.455. The predicted octanol–water partition coefficient (Wildman–Crippen LogP) is 3.30. The van der Waals surface area contributed by atoms with E-state index in [1.54, 1.807) is 6.26 Å². The van der Waals surface area contributed by atoms with Gasteiger partial charge in [-0.1, -0.05) is 36.4 Å². The molecule has 1 aliphatic carbocycles. The monoisotopic (exact) mass is 352 g/mol. The number of guanidine groups is 1. The Morgan fingerprint density at radius 2 is 1.88 bits per heavy atom. The Hall–Kier alpha value is -2.53. The highest BCUT2D eigenvalue weighted by molar-refractivity contribution is 5.80. The Bertz CT molecular complexity index is 728. The van der Waals surface area contributed by atoms with Crippen molar-refractivity contribution in [3.63, 3.8) is 0 Å². The van der Waals surface area contributed by atoms with Gasteiger partial charge in [0.2, 0.25) is 0 Å². The lowest BCUT2D eigenvalue weighted by Gasteiger charge is -2.20. The smallest absolute Gasteiger partial charge is 0.191 e. The van der Waals surface area contributed by atoms with Crippen molar-refractivity contribution in [2.75, 3.05) is 14.1 Å². The van der Waals surface area contributed by atoms with Crippen LogP contribution in [0.3, 0.4) is 0 Å². The van der Waals surface area contributed by atoms with E-state index in [0.717, 1.165) is 44.2 Å². The van der Waals surface area contributed by atoms with Crippen molar-refractivity contribution in [1.82, 2.24) is 15.5 Å². The molecule has 0 radical (unpaired) electrons. The Morgan fingerprint density at radius 1 is 1.12 bits per heavy atom. The summed E-state index contributed by atoms with van der Waals surface area (Å²) in [5, 5.41) is 6.93. The first-order valence-corrected chi connectivity index (χ1v) is 9.14. The highest BCUT2D eigenvalue weighted by atomic mass is 16.3. The van der Waals surface area contributed by atoms with E-state index in [1.165, 1.54) is 11.1 Å². The molecule has 5 nitrogen and oxygen atoms in total. The molecule has 0 bridgehead atoms. The van der Waals surface area contributed by atoms with E-state index < -0.39 is 0 Å². The summed E-state index contributed by atoms with van der Waals surface area (Å²) in [4.78, 5) is 6.61. The number of hydrogen-bond acceptors (Lipinski definition) is 3. The molecule has 0 saturated carbocycles. The average Bonchev–Trinajstić information content (AvgIpc) is 3.33. The second-order valence-corrected chi connectivity index (χ2v) is 6.73. The van der Waals surface area contributed by atoms with Crippen molar-refractivity contribution >= 4 is 5.96 Å². The lowest BCUT2D eigenvalue weighted by molar-refractivity contribution is 0.287. The summed E-state index contributed by atoms with van der Waals surface area (Å²) < 4.78 is 5.45. The zero-order valence-corrected chi connectivity index (χ0v) is 15.6. The van der Waals surface area contributed by atoms with E-state index in [2.05, 4.69) is 64.0 Å². The van der Waals surface area contributed by atoms with Crippen molar-refractivity contribution in [2.24, 2.45) is 4.99 Å². The minimum Gasteiger partial charge on any atom is -0.468 e. The zero-order chi connectivity index (χ0) is 18.2. The van der Waals surface area contributed by atoms with E-state index >= 15 is 0 Å². The molecule has 3 rings (SSSR count). The maximum Gasteiger partial charge on any atom is 0.191 e. The van der Waals surface area contributed by atoms with Crippen LogP contribution in [-0.2, 0) is 19.6 Å². The van der Waals surface area contributed by atoms with Crippen LogP contribution in [0.2, 0.25) is 0 Å². The lowest BCUT2D eigenvalue weighted by Crippen LogP contribution is -2.42. The van der Waals surface area contributed by atoms with Crippen LogP contribution in [-0.4, -0.2) is 31.0 Å². The van der Waals surface area contributed by atoms with Gasteiger partial charge in [-0.05, 0) is 43.1 Å². The van der Waals surface area contributed by atoms with Crippen molar-refractivity contribution in [3.05, 3.63) is 71.7 Å². The molecule has 1 heterocycles. The Balaban J connectivity index is 1.55. The first kappa shape index (κ1) is 18.3. The van der Waals surface area contributed by atoms with E-state index in [-0.39, 0.29) is 0 Å². The molecule has 0 fully saturated rings. The summed E-state index contributed by atoms with van der Waals surface area (Å²) >= 11 is 0. The second kappa shape index (κ2) is 9.25. The van der Waals surface area contributed by atoms with Gasteiger partial charge >= 0.3 is 0 Å². The summed E-state index contributed by atoms with van der Waals surface area (Å²) in [5.74, 6) is 1.84. The Kier molecular flexibility index (Phi) is 6.50. The molecule has 2 aromatic rings. The fourth-order valence-electron chi connectivity index (χ4n) is 3.20. The van der Waals surface area contributed by atoms with Crippen LogP contribution in [0, 0.1) is 0 Å². The molecule has 0 unspecified atom stereocenters. The SMILES string of the molecule is CN=C(NCc1ccccc1CN(C)Cc1ccco1)NC1CC=CC1. The fourth-order valence-corrected chi connectivity index (χ4v) is 3.20. The number of benzene rings is 1. The molecule has 26 heavy (non-hydrogen) atoms. The van der Waals surface area contributed by atoms with Gasteiger partial charge in [-0.2, -0.15) is 0 Å². The highest BCUT2D eigenvalue weighted by Gasteiger charge is 2.12. The summed E-state index contributed by atoms with van der Waals surface area (Å²) in [6.45, 7) is 2.42. The van der Waals surface area contributed by atoms with Gasteiger partial charge in [0.25, 0.3) is 0 Å². The maximum absolute atomic E-state index is 5.45. The second-order valence-electron chi connectivity index (χ2n) is 6.73. The number of rotatable bonds is 7. The van der Waals surface area contributed by atoms with Crippen molar-refractivity contribution in [3.8, 4) is 0 Å². The zero-order valence-electron chi connectivity index (χ0n) is 15.6. The van der Waals surface area contributed by atoms with Gasteiger partial charge in [0.05, 0.1) is 12.8 Å². The van der Waals surface area contributed by atoms with Crippen LogP contribution >= 0.6 is 0 Å². The third-order valence-electron chi connectivity index (χ3n) is 4.58. The minimum absolute atomic E-state index is 0.455. The van der Waals surface area contributed by atoms with Gasteiger partial charge < -0.3 is 15.1 Å². The third-order valence-corrected chi connectivity index (χ3v) is 4.58. The van der Waals surface area contributed by atoms with Gasteiger partial charge in [-0.15, -0.1) is 0 Å². The topological polar surface area (TPSA) is 52.8 Å². The maximum atomic E-state index is 5.45. The van der Waals surface area contributed by atoms with E-state index in [4.69, 9.17) is 4.42 Å². The first-order chi connectivity index (χ1) is 12.7. The highest BCUT2D eigenvalue weighted by Crippen LogP contribution is 2.14. The van der Waals surface area contributed by atoms with Crippen LogP contribution in [0.15, 0.2) is 64.2 Å². The van der Waals surface area contributed by atoms with E-state index in [1.807, 2.05) is 19.2 Å². The predicted molar refractivity (Wildman–Crippen MR) is 106 cm³/mol. The molecule has 1 aliphatic rings. The molecular weight excluding hydrogens is 324 g/mol. The van der Waals surface area contributed by atoms with Gasteiger partial charge in [-0.25, -0.2) is 0 Å². The van der Waals surface area contributed by atoms with Gasteiger partial charge in [0.1, 0.15) is 5.76 Å². The quantitative estimate of drug-likeness (QED) is 0.456. The van der Waals surface area contributed by atoms with E-state index in [9.17, 15) is 0 Å². The fraction of sp³-hybridized carbons (Fsp3) is 0.381. The standard InChI is InChI=1S/C21H28N4O/c1-22-21(24-19-10-5-6-11-19)23-14-17-8-3-4-9-18(17)15-25(2)16-20-12-7-13-26-20/h3-9,12-13,19H,10-11,14-16H2,1-2H3,(H2,22,23,24). The Morgan fingerprint density at radius 3 is 2.58 bits per heavy atom. The van der Waals surface area contributed by atoms with Crippen LogP contribution in [0.4, 0.5) is 0 Å². The summed E-state index contributed by atoms with van der Waals surface area (Å²) in [5.41, 5.74) is 2.60. The molecule has 138 valence electrons. The molecule has 0 spiro atoms. The lowest BCUT2D eigenvalue weighted by atomic mass is 10.1. The van der Waals surface area contributed by atoms with Crippen LogP contribution in [0.1, 0.15) is 29.7 Å². The van der Waals surface area contributed by atoms with Crippen molar-refractivity contribution in [2.45, 2.75) is 38.5 Å². The van der Waals surface area contributed by atoms with Crippen LogP contribution in [0.5, 0.6) is 0 Å². The third kappa shape index (κ3) is 5.23. The summed E-state index contributed by atoms with van der Waals surface area (Å²) in [7, 11) is 3.93. The molecule has 0 aliphatic heterocycles. The van der Waals surface area contributed by atoms with Gasteiger partial charge in [-0.3, -0.25) is 9.89 Å². The molecule has 1 aromatic carbocycles. The molecule has 0 amide bonds.